The molecule has 122 valence electrons. The van der Waals surface area contributed by atoms with Crippen LogP contribution in [0.15, 0.2) is 42.5 Å². The van der Waals surface area contributed by atoms with Crippen LogP contribution in [0.5, 0.6) is 5.75 Å². The van der Waals surface area contributed by atoms with Crippen LogP contribution in [0.2, 0.25) is 10.0 Å². The molecule has 0 spiro atoms. The van der Waals surface area contributed by atoms with Gasteiger partial charge in [0.1, 0.15) is 23.5 Å². The first kappa shape index (κ1) is 17.6. The van der Waals surface area contributed by atoms with Crippen LogP contribution >= 0.6 is 23.2 Å². The molecule has 6 heteroatoms. The van der Waals surface area contributed by atoms with Crippen molar-refractivity contribution in [1.82, 2.24) is 5.32 Å². The topological polar surface area (TPSA) is 58.6 Å². The van der Waals surface area contributed by atoms with Gasteiger partial charge in [-0.2, -0.15) is 0 Å². The Labute approximate surface area is 145 Å². The number of aliphatic hydroxyl groups is 1. The van der Waals surface area contributed by atoms with Crippen molar-refractivity contribution in [2.75, 3.05) is 13.2 Å². The number of hydrogen-bond donors (Lipinski definition) is 2. The Morgan fingerprint density at radius 1 is 1.26 bits per heavy atom. The van der Waals surface area contributed by atoms with Crippen LogP contribution in [0.4, 0.5) is 0 Å². The van der Waals surface area contributed by atoms with Crippen molar-refractivity contribution < 1.29 is 14.6 Å². The van der Waals surface area contributed by atoms with Crippen LogP contribution in [0.3, 0.4) is 0 Å². The zero-order valence-corrected chi connectivity index (χ0v) is 14.1. The summed E-state index contributed by atoms with van der Waals surface area (Å²) in [6.07, 6.45) is -0.862. The van der Waals surface area contributed by atoms with E-state index >= 15 is 0 Å². The molecule has 4 nitrogen and oxygen atoms in total. The Hall–Kier alpha value is -1.75. The molecule has 1 amide bonds. The van der Waals surface area contributed by atoms with Gasteiger partial charge in [-0.05, 0) is 31.2 Å². The molecule has 0 saturated carbocycles. The first-order valence-corrected chi connectivity index (χ1v) is 7.82. The number of benzene rings is 2. The van der Waals surface area contributed by atoms with Crippen LogP contribution < -0.4 is 10.1 Å². The first-order chi connectivity index (χ1) is 11.0. The maximum atomic E-state index is 12.0. The monoisotopic (exact) mass is 353 g/mol. The average Bonchev–Trinajstić information content (AvgIpc) is 2.54. The molecule has 0 saturated heterocycles. The van der Waals surface area contributed by atoms with Crippen molar-refractivity contribution in [3.8, 4) is 5.75 Å². The Morgan fingerprint density at radius 2 is 2.00 bits per heavy atom. The second-order valence-corrected chi connectivity index (χ2v) is 5.88. The molecule has 1 atom stereocenters. The number of halogens is 2. The summed E-state index contributed by atoms with van der Waals surface area (Å²) in [5.74, 6) is 0.150. The van der Waals surface area contributed by atoms with Gasteiger partial charge in [-0.25, -0.2) is 0 Å². The molecule has 0 aliphatic rings. The number of carbonyl (C=O) groups is 1. The Kier molecular flexibility index (Phi) is 6.28. The maximum Gasteiger partial charge on any atom is 0.251 e. The summed E-state index contributed by atoms with van der Waals surface area (Å²) in [6.45, 7) is 1.98. The first-order valence-electron chi connectivity index (χ1n) is 7.07. The number of rotatable bonds is 6. The molecule has 0 bridgehead atoms. The molecule has 0 fully saturated rings. The molecule has 23 heavy (non-hydrogen) atoms. The summed E-state index contributed by atoms with van der Waals surface area (Å²) < 4.78 is 5.42. The third-order valence-corrected chi connectivity index (χ3v) is 3.93. The molecule has 2 rings (SSSR count). The van der Waals surface area contributed by atoms with Crippen molar-refractivity contribution in [2.24, 2.45) is 0 Å². The lowest BCUT2D eigenvalue weighted by molar-refractivity contribution is 0.0844. The van der Waals surface area contributed by atoms with E-state index < -0.39 is 6.10 Å². The molecule has 2 aromatic carbocycles. The molecule has 0 aromatic heterocycles. The standard InChI is InChI=1S/C17H17Cl2NO3/c1-11-4-2-5-12(8-11)17(22)20-9-13(21)10-23-15-7-3-6-14(18)16(15)19/h2-8,13,21H,9-10H2,1H3,(H,20,22). The molecular weight excluding hydrogens is 337 g/mol. The van der Waals surface area contributed by atoms with E-state index in [4.69, 9.17) is 27.9 Å². The fourth-order valence-corrected chi connectivity index (χ4v) is 2.29. The van der Waals surface area contributed by atoms with E-state index in [9.17, 15) is 9.90 Å². The third-order valence-electron chi connectivity index (χ3n) is 3.13. The minimum atomic E-state index is -0.862. The van der Waals surface area contributed by atoms with Crippen molar-refractivity contribution in [3.05, 3.63) is 63.6 Å². The van der Waals surface area contributed by atoms with Gasteiger partial charge >= 0.3 is 0 Å². The molecular formula is C17H17Cl2NO3. The third kappa shape index (κ3) is 5.13. The smallest absolute Gasteiger partial charge is 0.251 e. The van der Waals surface area contributed by atoms with Gasteiger partial charge in [0.25, 0.3) is 5.91 Å². The normalized spacial score (nSPS) is 11.8. The van der Waals surface area contributed by atoms with Gasteiger partial charge in [0.05, 0.1) is 5.02 Å². The van der Waals surface area contributed by atoms with E-state index in [-0.39, 0.29) is 19.1 Å². The van der Waals surface area contributed by atoms with Crippen molar-refractivity contribution >= 4 is 29.1 Å². The lowest BCUT2D eigenvalue weighted by Gasteiger charge is -2.14. The van der Waals surface area contributed by atoms with E-state index in [0.717, 1.165) is 5.56 Å². The lowest BCUT2D eigenvalue weighted by Crippen LogP contribution is -2.35. The molecule has 2 N–H and O–H groups in total. The van der Waals surface area contributed by atoms with Crippen LogP contribution in [0, 0.1) is 6.92 Å². The van der Waals surface area contributed by atoms with Crippen LogP contribution in [-0.2, 0) is 0 Å². The second-order valence-electron chi connectivity index (χ2n) is 5.10. The zero-order valence-electron chi connectivity index (χ0n) is 12.6. The zero-order chi connectivity index (χ0) is 16.8. The molecule has 0 aliphatic carbocycles. The van der Waals surface area contributed by atoms with Crippen LogP contribution in [-0.4, -0.2) is 30.3 Å². The van der Waals surface area contributed by atoms with Gasteiger partial charge in [0, 0.05) is 12.1 Å². The quantitative estimate of drug-likeness (QED) is 0.835. The van der Waals surface area contributed by atoms with Crippen molar-refractivity contribution in [2.45, 2.75) is 13.0 Å². The summed E-state index contributed by atoms with van der Waals surface area (Å²) in [4.78, 5) is 12.0. The minimum absolute atomic E-state index is 0.00579. The van der Waals surface area contributed by atoms with Crippen molar-refractivity contribution in [1.29, 1.82) is 0 Å². The predicted octanol–water partition coefficient (Wildman–Crippen LogP) is 3.47. The number of aliphatic hydroxyl groups excluding tert-OH is 1. The number of aryl methyl sites for hydroxylation is 1. The van der Waals surface area contributed by atoms with Gasteiger partial charge in [0.2, 0.25) is 0 Å². The van der Waals surface area contributed by atoms with E-state index in [1.807, 2.05) is 19.1 Å². The summed E-state index contributed by atoms with van der Waals surface area (Å²) in [5, 5.41) is 13.2. The highest BCUT2D eigenvalue weighted by Gasteiger charge is 2.11. The Bertz CT molecular complexity index is 691. The highest BCUT2D eigenvalue weighted by Crippen LogP contribution is 2.31. The number of hydrogen-bond acceptors (Lipinski definition) is 3. The Balaban J connectivity index is 1.82. The van der Waals surface area contributed by atoms with Crippen LogP contribution in [0.1, 0.15) is 15.9 Å². The minimum Gasteiger partial charge on any atom is -0.489 e. The number of amides is 1. The van der Waals surface area contributed by atoms with Crippen molar-refractivity contribution in [3.63, 3.8) is 0 Å². The summed E-state index contributed by atoms with van der Waals surface area (Å²) in [7, 11) is 0. The average molecular weight is 354 g/mol. The summed E-state index contributed by atoms with van der Waals surface area (Å²) in [5.41, 5.74) is 1.55. The van der Waals surface area contributed by atoms with Crippen LogP contribution in [0.25, 0.3) is 0 Å². The highest BCUT2D eigenvalue weighted by atomic mass is 35.5. The lowest BCUT2D eigenvalue weighted by atomic mass is 10.1. The predicted molar refractivity (Wildman–Crippen MR) is 91.5 cm³/mol. The SMILES string of the molecule is Cc1cccc(C(=O)NCC(O)COc2cccc(Cl)c2Cl)c1. The number of ether oxygens (including phenoxy) is 1. The van der Waals surface area contributed by atoms with Gasteiger partial charge in [-0.3, -0.25) is 4.79 Å². The van der Waals surface area contributed by atoms with Gasteiger partial charge in [-0.1, -0.05) is 47.0 Å². The summed E-state index contributed by atoms with van der Waals surface area (Å²) >= 11 is 11.9. The maximum absolute atomic E-state index is 12.0. The van der Waals surface area contributed by atoms with E-state index in [2.05, 4.69) is 5.32 Å². The highest BCUT2D eigenvalue weighted by molar-refractivity contribution is 6.42. The van der Waals surface area contributed by atoms with Gasteiger partial charge < -0.3 is 15.2 Å². The molecule has 0 heterocycles. The fourth-order valence-electron chi connectivity index (χ4n) is 1.94. The van der Waals surface area contributed by atoms with E-state index in [1.54, 1.807) is 30.3 Å². The number of carbonyl (C=O) groups excluding carboxylic acids is 1. The molecule has 2 aromatic rings. The Morgan fingerprint density at radius 3 is 2.74 bits per heavy atom. The van der Waals surface area contributed by atoms with Gasteiger partial charge in [0.15, 0.2) is 0 Å². The molecule has 0 radical (unpaired) electrons. The molecule has 1 unspecified atom stereocenters. The second kappa shape index (κ2) is 8.20. The number of nitrogens with one attached hydrogen (secondary N) is 1. The van der Waals surface area contributed by atoms with Gasteiger partial charge in [-0.15, -0.1) is 0 Å². The fraction of sp³-hybridized carbons (Fsp3) is 0.235. The van der Waals surface area contributed by atoms with E-state index in [1.165, 1.54) is 0 Å². The molecule has 0 aliphatic heterocycles. The summed E-state index contributed by atoms with van der Waals surface area (Å²) in [6, 6.07) is 12.2. The van der Waals surface area contributed by atoms with E-state index in [0.29, 0.717) is 21.4 Å². The largest absolute Gasteiger partial charge is 0.489 e.